The van der Waals surface area contributed by atoms with Crippen molar-refractivity contribution in [1.82, 2.24) is 15.1 Å². The molecule has 1 aliphatic heterocycles. The molecule has 3 heterocycles. The fourth-order valence-electron chi connectivity index (χ4n) is 3.45. The van der Waals surface area contributed by atoms with Crippen molar-refractivity contribution in [2.75, 3.05) is 6.79 Å². The van der Waals surface area contributed by atoms with E-state index in [2.05, 4.69) is 5.32 Å². The molecule has 0 radical (unpaired) electrons. The predicted octanol–water partition coefficient (Wildman–Crippen LogP) is 4.08. The van der Waals surface area contributed by atoms with E-state index in [1.165, 1.54) is 12.3 Å². The molecular weight excluding hydrogens is 420 g/mol. The van der Waals surface area contributed by atoms with E-state index >= 15 is 0 Å². The second-order valence-electron chi connectivity index (χ2n) is 7.21. The first-order chi connectivity index (χ1) is 16.2. The van der Waals surface area contributed by atoms with Crippen LogP contribution < -0.4 is 14.8 Å². The molecule has 5 rings (SSSR count). The second kappa shape index (κ2) is 8.77. The maximum Gasteiger partial charge on any atom is 0.262 e. The molecule has 8 nitrogen and oxygen atoms in total. The topological polar surface area (TPSA) is 102 Å². The third-order valence-electron chi connectivity index (χ3n) is 5.08. The van der Waals surface area contributed by atoms with Crippen molar-refractivity contribution in [3.63, 3.8) is 0 Å². The third kappa shape index (κ3) is 4.20. The first-order valence-electron chi connectivity index (χ1n) is 10.2. The van der Waals surface area contributed by atoms with Crippen molar-refractivity contribution < 1.29 is 18.7 Å². The van der Waals surface area contributed by atoms with Crippen molar-refractivity contribution in [1.29, 1.82) is 5.26 Å². The largest absolute Gasteiger partial charge is 0.467 e. The Labute approximate surface area is 189 Å². The lowest BCUT2D eigenvalue weighted by Gasteiger charge is -2.03. The highest BCUT2D eigenvalue weighted by Gasteiger charge is 2.19. The average Bonchev–Trinajstić information content (AvgIpc) is 3.62. The molecular formula is C25H18N4O4. The molecule has 4 aromatic rings. The zero-order chi connectivity index (χ0) is 22.6. The summed E-state index contributed by atoms with van der Waals surface area (Å²) in [6.07, 6.45) is 4.84. The van der Waals surface area contributed by atoms with Gasteiger partial charge in [-0.15, -0.1) is 0 Å². The highest BCUT2D eigenvalue weighted by Crippen LogP contribution is 2.37. The number of furan rings is 1. The maximum absolute atomic E-state index is 12.6. The predicted molar refractivity (Wildman–Crippen MR) is 119 cm³/mol. The van der Waals surface area contributed by atoms with Crippen molar-refractivity contribution in [3.05, 3.63) is 90.0 Å². The molecule has 1 N–H and O–H groups in total. The summed E-state index contributed by atoms with van der Waals surface area (Å²) >= 11 is 0. The summed E-state index contributed by atoms with van der Waals surface area (Å²) in [5, 5.41) is 17.1. The number of aromatic nitrogens is 2. The molecule has 0 atom stereocenters. The number of benzene rings is 2. The molecule has 0 aliphatic carbocycles. The number of amides is 1. The van der Waals surface area contributed by atoms with Crippen LogP contribution in [0.1, 0.15) is 11.3 Å². The number of carbonyl (C=O) groups excluding carboxylic acids is 1. The lowest BCUT2D eigenvalue weighted by atomic mass is 10.1. The van der Waals surface area contributed by atoms with Gasteiger partial charge in [0.2, 0.25) is 6.79 Å². The van der Waals surface area contributed by atoms with Gasteiger partial charge in [-0.25, -0.2) is 4.68 Å². The number of carbonyl (C=O) groups is 1. The zero-order valence-electron chi connectivity index (χ0n) is 17.4. The lowest BCUT2D eigenvalue weighted by molar-refractivity contribution is -0.117. The van der Waals surface area contributed by atoms with Gasteiger partial charge in [-0.2, -0.15) is 10.4 Å². The number of hydrogen-bond acceptors (Lipinski definition) is 6. The maximum atomic E-state index is 12.6. The zero-order valence-corrected chi connectivity index (χ0v) is 17.4. The first kappa shape index (κ1) is 20.2. The molecule has 2 aromatic heterocycles. The van der Waals surface area contributed by atoms with Gasteiger partial charge in [-0.05, 0) is 48.5 Å². The quantitative estimate of drug-likeness (QED) is 0.359. The Morgan fingerprint density at radius 2 is 1.97 bits per heavy atom. The van der Waals surface area contributed by atoms with Crippen LogP contribution >= 0.6 is 0 Å². The van der Waals surface area contributed by atoms with Crippen LogP contribution in [-0.2, 0) is 11.3 Å². The van der Waals surface area contributed by atoms with Gasteiger partial charge in [0.05, 0.1) is 18.5 Å². The number of fused-ring (bicyclic) bond motifs is 1. The van der Waals surface area contributed by atoms with E-state index < -0.39 is 5.91 Å². The summed E-state index contributed by atoms with van der Waals surface area (Å²) < 4.78 is 17.8. The van der Waals surface area contributed by atoms with E-state index in [-0.39, 0.29) is 18.9 Å². The van der Waals surface area contributed by atoms with Gasteiger partial charge in [0, 0.05) is 17.3 Å². The number of hydrogen-bond donors (Lipinski definition) is 1. The number of nitriles is 1. The van der Waals surface area contributed by atoms with E-state index in [0.29, 0.717) is 28.5 Å². The van der Waals surface area contributed by atoms with E-state index in [9.17, 15) is 10.1 Å². The minimum atomic E-state index is -0.502. The summed E-state index contributed by atoms with van der Waals surface area (Å²) in [6, 6.07) is 20.6. The first-order valence-corrected chi connectivity index (χ1v) is 10.2. The highest BCUT2D eigenvalue weighted by molar-refractivity contribution is 6.02. The van der Waals surface area contributed by atoms with Gasteiger partial charge in [-0.3, -0.25) is 4.79 Å². The summed E-state index contributed by atoms with van der Waals surface area (Å²) in [7, 11) is 0. The number of nitrogens with zero attached hydrogens (tertiary/aromatic N) is 3. The Balaban J connectivity index is 1.52. The number of nitrogens with one attached hydrogen (secondary N) is 1. The van der Waals surface area contributed by atoms with E-state index in [1.807, 2.05) is 54.6 Å². The van der Waals surface area contributed by atoms with E-state index in [0.717, 1.165) is 11.3 Å². The van der Waals surface area contributed by atoms with Gasteiger partial charge < -0.3 is 19.2 Å². The standard InChI is InChI=1S/C25H18N4O4/c26-13-18(25(30)27-14-21-7-4-10-31-21)11-19-15-29(20-5-2-1-3-6-20)28-24(19)17-8-9-22-23(12-17)33-16-32-22/h1-12,15H,14,16H2,(H,27,30)/b18-11+. The fourth-order valence-corrected chi connectivity index (χ4v) is 3.45. The van der Waals surface area contributed by atoms with Crippen LogP contribution in [0.4, 0.5) is 0 Å². The van der Waals surface area contributed by atoms with Gasteiger partial charge in [-0.1, -0.05) is 18.2 Å². The van der Waals surface area contributed by atoms with Crippen molar-refractivity contribution in [2.45, 2.75) is 6.54 Å². The minimum Gasteiger partial charge on any atom is -0.467 e. The number of ether oxygens (including phenoxy) is 2. The Kier molecular flexibility index (Phi) is 5.35. The molecule has 162 valence electrons. The second-order valence-corrected chi connectivity index (χ2v) is 7.21. The fraction of sp³-hybridized carbons (Fsp3) is 0.0800. The molecule has 0 saturated heterocycles. The Bertz CT molecular complexity index is 1370. The van der Waals surface area contributed by atoms with Crippen LogP contribution in [-0.4, -0.2) is 22.5 Å². The summed E-state index contributed by atoms with van der Waals surface area (Å²) in [5.74, 6) is 1.37. The molecule has 0 saturated carbocycles. The van der Waals surface area contributed by atoms with Gasteiger partial charge >= 0.3 is 0 Å². The Hall–Kier alpha value is -4.77. The SMILES string of the molecule is N#C/C(=C\c1cn(-c2ccccc2)nc1-c1ccc2c(c1)OCO2)C(=O)NCc1ccco1. The van der Waals surface area contributed by atoms with Gasteiger partial charge in [0.25, 0.3) is 5.91 Å². The molecule has 8 heteroatoms. The van der Waals surface area contributed by atoms with Crippen LogP contribution in [0.3, 0.4) is 0 Å². The summed E-state index contributed by atoms with van der Waals surface area (Å²) in [5.41, 5.74) is 2.79. The summed E-state index contributed by atoms with van der Waals surface area (Å²) in [6.45, 7) is 0.349. The van der Waals surface area contributed by atoms with Crippen molar-refractivity contribution in [2.24, 2.45) is 0 Å². The van der Waals surface area contributed by atoms with Crippen LogP contribution in [0.5, 0.6) is 11.5 Å². The van der Waals surface area contributed by atoms with Gasteiger partial charge in [0.15, 0.2) is 11.5 Å². The van der Waals surface area contributed by atoms with Crippen molar-refractivity contribution in [3.8, 4) is 34.5 Å². The van der Waals surface area contributed by atoms with E-state index in [4.69, 9.17) is 19.0 Å². The van der Waals surface area contributed by atoms with Crippen LogP contribution in [0.25, 0.3) is 23.0 Å². The minimum absolute atomic E-state index is 0.0452. The van der Waals surface area contributed by atoms with Crippen LogP contribution in [0, 0.1) is 11.3 Å². The monoisotopic (exact) mass is 438 g/mol. The molecule has 0 unspecified atom stereocenters. The smallest absolute Gasteiger partial charge is 0.262 e. The Morgan fingerprint density at radius 1 is 1.12 bits per heavy atom. The Morgan fingerprint density at radius 3 is 2.76 bits per heavy atom. The average molecular weight is 438 g/mol. The van der Waals surface area contributed by atoms with Gasteiger partial charge in [0.1, 0.15) is 23.1 Å². The number of para-hydroxylation sites is 1. The molecule has 0 bridgehead atoms. The lowest BCUT2D eigenvalue weighted by Crippen LogP contribution is -2.23. The van der Waals surface area contributed by atoms with Crippen LogP contribution in [0.2, 0.25) is 0 Å². The molecule has 33 heavy (non-hydrogen) atoms. The normalized spacial score (nSPS) is 12.4. The summed E-state index contributed by atoms with van der Waals surface area (Å²) in [4.78, 5) is 12.6. The molecule has 2 aromatic carbocycles. The number of rotatable bonds is 6. The highest BCUT2D eigenvalue weighted by atomic mass is 16.7. The van der Waals surface area contributed by atoms with E-state index in [1.54, 1.807) is 23.0 Å². The molecule has 0 fully saturated rings. The molecule has 1 aliphatic rings. The van der Waals surface area contributed by atoms with Crippen LogP contribution in [0.15, 0.2) is 83.1 Å². The van der Waals surface area contributed by atoms with Crippen molar-refractivity contribution >= 4 is 12.0 Å². The molecule has 1 amide bonds. The molecule has 0 spiro atoms. The third-order valence-corrected chi connectivity index (χ3v) is 5.08.